The molecule has 38 heavy (non-hydrogen) atoms. The second-order valence-corrected chi connectivity index (χ2v) is 11.5. The summed E-state index contributed by atoms with van der Waals surface area (Å²) in [4.78, 5) is 4.84. The molecule has 4 aliphatic rings. The van der Waals surface area contributed by atoms with Crippen LogP contribution in [-0.2, 0) is 12.1 Å². The first kappa shape index (κ1) is 27.1. The lowest BCUT2D eigenvalue weighted by Gasteiger charge is -2.51. The Labute approximate surface area is 230 Å². The molecule has 3 aromatic rings. The van der Waals surface area contributed by atoms with Gasteiger partial charge in [-0.1, -0.05) is 54.8 Å². The summed E-state index contributed by atoms with van der Waals surface area (Å²) in [5, 5.41) is 16.5. The van der Waals surface area contributed by atoms with Gasteiger partial charge in [-0.25, -0.2) is 4.39 Å². The first-order valence-electron chi connectivity index (χ1n) is 13.8. The number of nitrogens with zero attached hydrogens (tertiary/aromatic N) is 3. The van der Waals surface area contributed by atoms with Gasteiger partial charge >= 0.3 is 0 Å². The Morgan fingerprint density at radius 3 is 2.50 bits per heavy atom. The molecule has 1 N–H and O–H groups in total. The van der Waals surface area contributed by atoms with E-state index >= 15 is 0 Å². The van der Waals surface area contributed by atoms with Gasteiger partial charge in [-0.2, -0.15) is 4.98 Å². The minimum Gasteiger partial charge on any atom is -1.00 e. The average Bonchev–Trinajstić information content (AvgIpc) is 3.40. The molecule has 0 amide bonds. The highest BCUT2D eigenvalue weighted by Gasteiger charge is 2.49. The number of aromatic nitrogens is 2. The lowest BCUT2D eigenvalue weighted by atomic mass is 9.73. The molecule has 2 bridgehead atoms. The molecule has 3 aliphatic heterocycles. The maximum absolute atomic E-state index is 13.7. The van der Waals surface area contributed by atoms with Crippen molar-refractivity contribution in [2.24, 2.45) is 11.8 Å². The second-order valence-electron chi connectivity index (χ2n) is 11.5. The van der Waals surface area contributed by atoms with Gasteiger partial charge in [-0.3, -0.25) is 0 Å². The molecule has 3 saturated heterocycles. The number of rotatable bonds is 7. The normalized spacial score (nSPS) is 26.9. The number of quaternary nitrogens is 1. The van der Waals surface area contributed by atoms with Crippen LogP contribution in [0.15, 0.2) is 53.1 Å². The molecule has 8 heteroatoms. The molecular weight excluding hydrogens is 505 g/mol. The minimum absolute atomic E-state index is 0. The fraction of sp³-hybridized carbons (Fsp3) is 0.533. The molecular formula is C30H37ClFN3O3. The predicted molar refractivity (Wildman–Crippen MR) is 137 cm³/mol. The van der Waals surface area contributed by atoms with Crippen molar-refractivity contribution >= 4 is 0 Å². The molecule has 1 aromatic heterocycles. The lowest BCUT2D eigenvalue weighted by molar-refractivity contribution is -0.959. The third-order valence-corrected chi connectivity index (χ3v) is 9.15. The van der Waals surface area contributed by atoms with Crippen LogP contribution in [0.2, 0.25) is 0 Å². The number of hydrogen-bond acceptors (Lipinski definition) is 5. The summed E-state index contributed by atoms with van der Waals surface area (Å²) in [7, 11) is 0. The van der Waals surface area contributed by atoms with Crippen LogP contribution >= 0.6 is 0 Å². The molecule has 0 radical (unpaired) electrons. The van der Waals surface area contributed by atoms with Crippen LogP contribution in [0.25, 0.3) is 0 Å². The smallest absolute Gasteiger partial charge is 0.282 e. The fourth-order valence-corrected chi connectivity index (χ4v) is 6.96. The number of hydrogen-bond donors (Lipinski definition) is 1. The van der Waals surface area contributed by atoms with Gasteiger partial charge in [0.05, 0.1) is 13.1 Å². The van der Waals surface area contributed by atoms with Gasteiger partial charge in [0.15, 0.2) is 18.2 Å². The topological polar surface area (TPSA) is 68.4 Å². The largest absolute Gasteiger partial charge is 1.00 e. The Kier molecular flexibility index (Phi) is 7.81. The number of aliphatic hydroxyl groups is 1. The van der Waals surface area contributed by atoms with Gasteiger partial charge in [-0.15, -0.1) is 0 Å². The highest BCUT2D eigenvalue weighted by atomic mass is 35.5. The van der Waals surface area contributed by atoms with Crippen molar-refractivity contribution < 1.29 is 35.6 Å². The molecule has 4 fully saturated rings. The van der Waals surface area contributed by atoms with Crippen LogP contribution < -0.4 is 17.1 Å². The Bertz CT molecular complexity index is 1220. The molecule has 1 aliphatic carbocycles. The number of halogens is 2. The molecule has 4 heterocycles. The molecule has 0 unspecified atom stereocenters. The summed E-state index contributed by atoms with van der Waals surface area (Å²) in [5.74, 6) is 2.08. The summed E-state index contributed by atoms with van der Waals surface area (Å²) in [6.07, 6.45) is 7.60. The van der Waals surface area contributed by atoms with E-state index in [2.05, 4.69) is 5.16 Å². The highest BCUT2D eigenvalue weighted by molar-refractivity contribution is 5.31. The third-order valence-electron chi connectivity index (χ3n) is 9.15. The van der Waals surface area contributed by atoms with E-state index in [1.807, 2.05) is 30.3 Å². The van der Waals surface area contributed by atoms with Gasteiger partial charge in [0, 0.05) is 18.8 Å². The van der Waals surface area contributed by atoms with E-state index in [9.17, 15) is 9.50 Å². The summed E-state index contributed by atoms with van der Waals surface area (Å²) in [5.41, 5.74) is 0.192. The Balaban J connectivity index is 0.00000294. The highest BCUT2D eigenvalue weighted by Crippen LogP contribution is 2.43. The molecule has 2 atom stereocenters. The molecule has 6 nitrogen and oxygen atoms in total. The Morgan fingerprint density at radius 2 is 1.79 bits per heavy atom. The average molecular weight is 542 g/mol. The number of piperidine rings is 3. The monoisotopic (exact) mass is 541 g/mol. The Hall–Kier alpha value is -2.48. The van der Waals surface area contributed by atoms with E-state index in [1.54, 1.807) is 19.1 Å². The number of benzene rings is 2. The SMILES string of the molecule is Cc1cc(O[C@H]2C[N+]3(Cc4nc([C@](O)(c5ccccc5)C5CCCCC5)no4)CCC2CC3)ccc1F.[Cl-]. The van der Waals surface area contributed by atoms with Crippen molar-refractivity contribution in [3.63, 3.8) is 0 Å². The van der Waals surface area contributed by atoms with Crippen molar-refractivity contribution in [3.8, 4) is 5.75 Å². The summed E-state index contributed by atoms with van der Waals surface area (Å²) in [6.45, 7) is 5.37. The number of aryl methyl sites for hydroxylation is 1. The van der Waals surface area contributed by atoms with Crippen molar-refractivity contribution in [1.29, 1.82) is 0 Å². The van der Waals surface area contributed by atoms with Crippen LogP contribution in [0.5, 0.6) is 5.75 Å². The van der Waals surface area contributed by atoms with Gasteiger partial charge in [0.2, 0.25) is 5.82 Å². The summed E-state index contributed by atoms with van der Waals surface area (Å²) < 4.78 is 26.8. The van der Waals surface area contributed by atoms with Crippen molar-refractivity contribution in [3.05, 3.63) is 77.2 Å². The van der Waals surface area contributed by atoms with E-state index in [0.717, 1.165) is 74.0 Å². The molecule has 1 saturated carbocycles. The Morgan fingerprint density at radius 1 is 1.05 bits per heavy atom. The van der Waals surface area contributed by atoms with Gasteiger partial charge < -0.3 is 31.3 Å². The number of fused-ring (bicyclic) bond motifs is 3. The van der Waals surface area contributed by atoms with Crippen molar-refractivity contribution in [1.82, 2.24) is 10.1 Å². The zero-order chi connectivity index (χ0) is 25.5. The summed E-state index contributed by atoms with van der Waals surface area (Å²) >= 11 is 0. The van der Waals surface area contributed by atoms with Gasteiger partial charge in [0.25, 0.3) is 5.89 Å². The van der Waals surface area contributed by atoms with E-state index in [1.165, 1.54) is 12.5 Å². The first-order valence-corrected chi connectivity index (χ1v) is 13.8. The van der Waals surface area contributed by atoms with Crippen molar-refractivity contribution in [2.45, 2.75) is 70.1 Å². The van der Waals surface area contributed by atoms with Crippen LogP contribution in [0.1, 0.15) is 67.8 Å². The zero-order valence-electron chi connectivity index (χ0n) is 22.0. The van der Waals surface area contributed by atoms with E-state index < -0.39 is 5.60 Å². The quantitative estimate of drug-likeness (QED) is 0.466. The molecule has 2 aromatic carbocycles. The lowest BCUT2D eigenvalue weighted by Crippen LogP contribution is -3.00. The van der Waals surface area contributed by atoms with E-state index in [0.29, 0.717) is 29.7 Å². The minimum atomic E-state index is -1.25. The van der Waals surface area contributed by atoms with Gasteiger partial charge in [-0.05, 0) is 55.0 Å². The molecule has 7 rings (SSSR count). The molecule has 0 spiro atoms. The van der Waals surface area contributed by atoms with Crippen LogP contribution in [0.4, 0.5) is 4.39 Å². The van der Waals surface area contributed by atoms with E-state index in [4.69, 9.17) is 14.2 Å². The van der Waals surface area contributed by atoms with Crippen LogP contribution in [-0.4, -0.2) is 45.5 Å². The predicted octanol–water partition coefficient (Wildman–Crippen LogP) is 2.53. The van der Waals surface area contributed by atoms with Gasteiger partial charge in [0.1, 0.15) is 18.1 Å². The van der Waals surface area contributed by atoms with E-state index in [-0.39, 0.29) is 30.2 Å². The third kappa shape index (κ3) is 5.08. The zero-order valence-corrected chi connectivity index (χ0v) is 22.7. The van der Waals surface area contributed by atoms with Crippen LogP contribution in [0, 0.1) is 24.6 Å². The second kappa shape index (κ2) is 10.9. The number of ether oxygens (including phenoxy) is 1. The summed E-state index contributed by atoms with van der Waals surface area (Å²) in [6, 6.07) is 14.8. The molecule has 204 valence electrons. The fourth-order valence-electron chi connectivity index (χ4n) is 6.96. The maximum Gasteiger partial charge on any atom is 0.282 e. The first-order chi connectivity index (χ1) is 18.0. The van der Waals surface area contributed by atoms with Crippen LogP contribution in [0.3, 0.4) is 0 Å². The standard InChI is InChI=1S/C30H37FN3O3.ClH/c1-21-18-25(12-13-26(21)31)36-27-19-34(16-14-22(27)15-17-34)20-28-32-29(33-37-28)30(35,23-8-4-2-5-9-23)24-10-6-3-7-11-24;/h2,4-5,8-9,12-13,18,22,24,27,35H,3,6-7,10-11,14-17,19-20H2,1H3;1H/q+1;/p-1/t22?,27-,30-,34?;/m0./s1. The maximum atomic E-state index is 13.7. The van der Waals surface area contributed by atoms with Crippen molar-refractivity contribution in [2.75, 3.05) is 19.6 Å².